The second-order valence-corrected chi connectivity index (χ2v) is 20.4. The Labute approximate surface area is 327 Å². The predicted octanol–water partition coefficient (Wildman–Crippen LogP) is 9.53. The first-order valence-electron chi connectivity index (χ1n) is 21.2. The number of nitrogens with zero attached hydrogens (tertiary/aromatic N) is 1. The molecular weight excluding hydrogens is 675 g/mol. The third-order valence-electron chi connectivity index (χ3n) is 16.7. The summed E-state index contributed by atoms with van der Waals surface area (Å²) < 4.78 is 26.6. The van der Waals surface area contributed by atoms with Gasteiger partial charge in [0.1, 0.15) is 18.8 Å². The van der Waals surface area contributed by atoms with E-state index in [2.05, 4.69) is 94.3 Å². The molecule has 3 unspecified atom stereocenters. The number of hydrogen-bond donors (Lipinski definition) is 0. The number of likely N-dealkylation sites (N-methyl/N-ethyl adjacent to an activating group) is 1. The van der Waals surface area contributed by atoms with Gasteiger partial charge >= 0.3 is 11.9 Å². The largest absolute Gasteiger partial charge is 0.461 e. The van der Waals surface area contributed by atoms with Gasteiger partial charge < -0.3 is 23.8 Å². The van der Waals surface area contributed by atoms with Crippen LogP contribution in [0.3, 0.4) is 0 Å². The first-order valence-corrected chi connectivity index (χ1v) is 21.2. The van der Waals surface area contributed by atoms with Crippen LogP contribution < -0.4 is 0 Å². The van der Waals surface area contributed by atoms with E-state index in [9.17, 15) is 9.59 Å². The Hall–Kier alpha value is -2.22. The summed E-state index contributed by atoms with van der Waals surface area (Å²) in [5, 5.41) is 0. The number of benzene rings is 1. The zero-order chi connectivity index (χ0) is 39.6. The summed E-state index contributed by atoms with van der Waals surface area (Å²) in [6, 6.07) is 10.3. The van der Waals surface area contributed by atoms with E-state index in [4.69, 9.17) is 18.9 Å². The van der Waals surface area contributed by atoms with E-state index in [0.29, 0.717) is 55.8 Å². The number of fused-ring (bicyclic) bond motifs is 3. The average molecular weight is 748 g/mol. The van der Waals surface area contributed by atoms with E-state index in [0.717, 1.165) is 37.7 Å². The fourth-order valence-corrected chi connectivity index (χ4v) is 13.8. The Kier molecular flexibility index (Phi) is 11.5. The van der Waals surface area contributed by atoms with Crippen molar-refractivity contribution in [3.05, 3.63) is 47.5 Å². The van der Waals surface area contributed by atoms with Gasteiger partial charge in [0.25, 0.3) is 0 Å². The summed E-state index contributed by atoms with van der Waals surface area (Å²) in [5.41, 5.74) is 1.33. The molecule has 0 radical (unpaired) electrons. The minimum absolute atomic E-state index is 0.0429. The van der Waals surface area contributed by atoms with Crippen molar-refractivity contribution in [1.82, 2.24) is 4.90 Å². The number of ether oxygens (including phenoxy) is 4. The standard InChI is InChI=1S/C47H73NO6/c1-29(2)31(5)43(8)23-24-45(10)35-19-20-38-44(9)27-51-28-47(38,25-37(54-33(7)49)41(44)53-32(6)39(30(3)4)48(12)13)36(35)21-22-46(45,11)40(43)42(50)52-26-34-17-15-14-16-18-34/h14-18,21,29-32,35,37-41H,19-20,22-28H2,1-13H3/t31-,32?,35+,37-,38+,39?,40-,41+,43-,44?,45-,46+,47+/m1/s1. The molecule has 0 N–H and O–H groups in total. The van der Waals surface area contributed by atoms with Crippen LogP contribution in [0.1, 0.15) is 120 Å². The van der Waals surface area contributed by atoms with Crippen molar-refractivity contribution < 1.29 is 28.5 Å². The Balaban J connectivity index is 1.40. The number of allylic oxidation sites excluding steroid dienone is 1. The van der Waals surface area contributed by atoms with Gasteiger partial charge in [-0.1, -0.05) is 104 Å². The summed E-state index contributed by atoms with van der Waals surface area (Å²) in [6.45, 7) is 26.4. The lowest BCUT2D eigenvalue weighted by Gasteiger charge is -2.71. The fraction of sp³-hybridized carbons (Fsp3) is 0.787. The van der Waals surface area contributed by atoms with Gasteiger partial charge in [-0.25, -0.2) is 0 Å². The first kappa shape index (κ1) is 41.4. The molecule has 4 aliphatic carbocycles. The molecule has 1 aromatic rings. The van der Waals surface area contributed by atoms with E-state index in [1.807, 2.05) is 30.3 Å². The van der Waals surface area contributed by atoms with Crippen LogP contribution in [-0.4, -0.2) is 68.5 Å². The minimum atomic E-state index is -0.368. The maximum absolute atomic E-state index is 14.8. The van der Waals surface area contributed by atoms with Gasteiger partial charge in [-0.15, -0.1) is 0 Å². The van der Waals surface area contributed by atoms with Crippen molar-refractivity contribution in [2.45, 2.75) is 146 Å². The van der Waals surface area contributed by atoms with Crippen molar-refractivity contribution in [2.75, 3.05) is 27.3 Å². The maximum atomic E-state index is 14.8. The average Bonchev–Trinajstić information content (AvgIpc) is 3.09. The Morgan fingerprint density at radius 2 is 1.59 bits per heavy atom. The highest BCUT2D eigenvalue weighted by Gasteiger charge is 2.72. The number of rotatable bonds is 11. The minimum Gasteiger partial charge on any atom is -0.461 e. The summed E-state index contributed by atoms with van der Waals surface area (Å²) >= 11 is 0. The highest BCUT2D eigenvalue weighted by molar-refractivity contribution is 5.75. The third kappa shape index (κ3) is 6.52. The summed E-state index contributed by atoms with van der Waals surface area (Å²) in [6.07, 6.45) is 7.59. The zero-order valence-electron chi connectivity index (χ0n) is 36.0. The van der Waals surface area contributed by atoms with Gasteiger partial charge in [0.2, 0.25) is 0 Å². The van der Waals surface area contributed by atoms with Crippen molar-refractivity contribution >= 4 is 11.9 Å². The van der Waals surface area contributed by atoms with Gasteiger partial charge in [-0.3, -0.25) is 9.59 Å². The molecule has 6 rings (SSSR count). The van der Waals surface area contributed by atoms with Crippen molar-refractivity contribution in [3.8, 4) is 0 Å². The Bertz CT molecular complexity index is 1550. The highest BCUT2D eigenvalue weighted by atomic mass is 16.6. The first-order chi connectivity index (χ1) is 25.3. The van der Waals surface area contributed by atoms with Gasteiger partial charge in [-0.2, -0.15) is 0 Å². The number of carbonyl (C=O) groups excluding carboxylic acids is 2. The lowest BCUT2D eigenvalue weighted by atomic mass is 9.34. The molecule has 1 saturated heterocycles. The Morgan fingerprint density at radius 1 is 0.907 bits per heavy atom. The van der Waals surface area contributed by atoms with Gasteiger partial charge in [-0.05, 0) is 111 Å². The monoisotopic (exact) mass is 748 g/mol. The summed E-state index contributed by atoms with van der Waals surface area (Å²) in [4.78, 5) is 29.9. The summed E-state index contributed by atoms with van der Waals surface area (Å²) in [5.74, 6) is 1.31. The molecule has 4 fully saturated rings. The molecule has 3 saturated carbocycles. The van der Waals surface area contributed by atoms with E-state index in [-0.39, 0.29) is 69.3 Å². The smallest absolute Gasteiger partial charge is 0.310 e. The highest BCUT2D eigenvalue weighted by Crippen LogP contribution is 2.75. The molecule has 302 valence electrons. The molecule has 2 bridgehead atoms. The molecule has 0 aromatic heterocycles. The molecule has 1 aromatic carbocycles. The normalized spacial score (nSPS) is 40.5. The molecule has 0 spiro atoms. The quantitative estimate of drug-likeness (QED) is 0.165. The number of hydrogen-bond acceptors (Lipinski definition) is 7. The molecule has 7 nitrogen and oxygen atoms in total. The van der Waals surface area contributed by atoms with E-state index in [1.165, 1.54) is 5.57 Å². The molecule has 0 amide bonds. The molecule has 1 heterocycles. The molecule has 54 heavy (non-hydrogen) atoms. The SMILES string of the molecule is CC(=O)O[C@@H]1C[C@@]23COCC(C)([C@H]1OC(C)C(C(C)C)N(C)C)[C@@H]2CC[C@H]1C3=CC[C@@]2(C)[C@H](C(=O)OCc3ccccc3)[C@@](C)([C@H](C)C(C)C)CC[C@]12C. The van der Waals surface area contributed by atoms with Crippen LogP contribution in [0.2, 0.25) is 0 Å². The van der Waals surface area contributed by atoms with Crippen molar-refractivity contribution in [2.24, 2.45) is 62.6 Å². The van der Waals surface area contributed by atoms with Crippen LogP contribution in [0.4, 0.5) is 0 Å². The molecule has 13 atom stereocenters. The van der Waals surface area contributed by atoms with Crippen LogP contribution in [0, 0.1) is 62.6 Å². The molecule has 1 aliphatic heterocycles. The lowest BCUT2D eigenvalue weighted by Crippen LogP contribution is -2.70. The van der Waals surface area contributed by atoms with Crippen LogP contribution in [0.15, 0.2) is 42.0 Å². The van der Waals surface area contributed by atoms with Crippen LogP contribution in [0.5, 0.6) is 0 Å². The number of esters is 2. The maximum Gasteiger partial charge on any atom is 0.310 e. The van der Waals surface area contributed by atoms with Crippen LogP contribution in [-0.2, 0) is 35.1 Å². The van der Waals surface area contributed by atoms with Crippen molar-refractivity contribution in [3.63, 3.8) is 0 Å². The molecular formula is C47H73NO6. The topological polar surface area (TPSA) is 74.3 Å². The molecule has 7 heteroatoms. The van der Waals surface area contributed by atoms with E-state index >= 15 is 0 Å². The van der Waals surface area contributed by atoms with E-state index < -0.39 is 0 Å². The molecule has 5 aliphatic rings. The summed E-state index contributed by atoms with van der Waals surface area (Å²) in [7, 11) is 4.25. The number of carbonyl (C=O) groups is 2. The van der Waals surface area contributed by atoms with Crippen molar-refractivity contribution in [1.29, 1.82) is 0 Å². The fourth-order valence-electron chi connectivity index (χ4n) is 13.8. The zero-order valence-corrected chi connectivity index (χ0v) is 36.0. The Morgan fingerprint density at radius 3 is 2.20 bits per heavy atom. The van der Waals surface area contributed by atoms with Gasteiger partial charge in [0.15, 0.2) is 0 Å². The second kappa shape index (κ2) is 14.9. The predicted molar refractivity (Wildman–Crippen MR) is 214 cm³/mol. The van der Waals surface area contributed by atoms with Crippen LogP contribution in [0.25, 0.3) is 0 Å². The van der Waals surface area contributed by atoms with Gasteiger partial charge in [0.05, 0.1) is 25.2 Å². The second-order valence-electron chi connectivity index (χ2n) is 20.4. The van der Waals surface area contributed by atoms with Gasteiger partial charge in [0, 0.05) is 23.8 Å². The van der Waals surface area contributed by atoms with Crippen LogP contribution >= 0.6 is 0 Å². The third-order valence-corrected chi connectivity index (χ3v) is 16.7. The lowest BCUT2D eigenvalue weighted by molar-refractivity contribution is -0.277. The van der Waals surface area contributed by atoms with E-state index in [1.54, 1.807) is 6.92 Å².